The zero-order valence-electron chi connectivity index (χ0n) is 15.3. The fraction of sp³-hybridized carbons (Fsp3) is 0.500. The first-order chi connectivity index (χ1) is 12.0. The molecule has 0 amide bonds. The van der Waals surface area contributed by atoms with Crippen LogP contribution in [0.3, 0.4) is 0 Å². The number of rotatable bonds is 10. The lowest BCUT2D eigenvalue weighted by Crippen LogP contribution is -2.17. The predicted molar refractivity (Wildman–Crippen MR) is 103 cm³/mol. The van der Waals surface area contributed by atoms with E-state index in [1.165, 1.54) is 0 Å². The van der Waals surface area contributed by atoms with Crippen LogP contribution in [-0.4, -0.2) is 21.6 Å². The molecule has 0 saturated carbocycles. The van der Waals surface area contributed by atoms with E-state index in [0.29, 0.717) is 4.90 Å². The van der Waals surface area contributed by atoms with Gasteiger partial charge < -0.3 is 5.73 Å². The quantitative estimate of drug-likeness (QED) is 0.643. The number of hydrogen-bond acceptors (Lipinski definition) is 4. The highest BCUT2D eigenvalue weighted by Crippen LogP contribution is 2.33. The van der Waals surface area contributed by atoms with Crippen LogP contribution in [0, 0.1) is 0 Å². The van der Waals surface area contributed by atoms with Gasteiger partial charge in [0, 0.05) is 11.9 Å². The lowest BCUT2D eigenvalue weighted by atomic mass is 9.94. The number of aryl methyl sites for hydroxylation is 1. The zero-order valence-corrected chi connectivity index (χ0v) is 16.1. The summed E-state index contributed by atoms with van der Waals surface area (Å²) < 4.78 is 31.1. The third kappa shape index (κ3) is 4.81. The molecular formula is C20H29NO3S. The van der Waals surface area contributed by atoms with Crippen molar-refractivity contribution < 1.29 is 12.6 Å². The van der Waals surface area contributed by atoms with Gasteiger partial charge in [-0.1, -0.05) is 57.0 Å². The molecule has 0 bridgehead atoms. The van der Waals surface area contributed by atoms with Gasteiger partial charge in [0.05, 0.1) is 6.61 Å². The van der Waals surface area contributed by atoms with Crippen molar-refractivity contribution >= 4 is 20.9 Å². The van der Waals surface area contributed by atoms with Gasteiger partial charge in [0.1, 0.15) is 4.90 Å². The summed E-state index contributed by atoms with van der Waals surface area (Å²) in [4.78, 5) is 0.346. The summed E-state index contributed by atoms with van der Waals surface area (Å²) >= 11 is 0. The van der Waals surface area contributed by atoms with Crippen LogP contribution in [0.2, 0.25) is 0 Å². The van der Waals surface area contributed by atoms with E-state index in [4.69, 9.17) is 9.92 Å². The Morgan fingerprint density at radius 3 is 2.40 bits per heavy atom. The van der Waals surface area contributed by atoms with Crippen molar-refractivity contribution in [1.29, 1.82) is 0 Å². The second-order valence-electron chi connectivity index (χ2n) is 6.34. The highest BCUT2D eigenvalue weighted by molar-refractivity contribution is 7.87. The van der Waals surface area contributed by atoms with Crippen molar-refractivity contribution in [3.05, 3.63) is 41.5 Å². The lowest BCUT2D eigenvalue weighted by Gasteiger charge is -2.18. The number of fused-ring (bicyclic) bond motifs is 1. The molecule has 0 aliphatic rings. The van der Waals surface area contributed by atoms with Gasteiger partial charge in [-0.25, -0.2) is 0 Å². The van der Waals surface area contributed by atoms with Crippen molar-refractivity contribution in [1.82, 2.24) is 0 Å². The summed E-state index contributed by atoms with van der Waals surface area (Å²) in [5.41, 5.74) is 7.50. The second kappa shape index (κ2) is 9.32. The van der Waals surface area contributed by atoms with Gasteiger partial charge in [-0.2, -0.15) is 8.42 Å². The Morgan fingerprint density at radius 2 is 1.72 bits per heavy atom. The highest BCUT2D eigenvalue weighted by atomic mass is 32.2. The third-order valence-electron chi connectivity index (χ3n) is 4.38. The fourth-order valence-corrected chi connectivity index (χ4v) is 4.56. The molecular weight excluding hydrogens is 334 g/mol. The standard InChI is InChI=1S/C20H29NO3S/c1-3-5-9-16-15-17-10-7-8-12-19(17)20(18(16)11-6-4-2)25(22,23)24-14-13-21/h7-8,10,12,15H,3-6,9,11,13-14,21H2,1-2H3. The average molecular weight is 364 g/mol. The minimum atomic E-state index is -3.84. The molecule has 2 aromatic rings. The van der Waals surface area contributed by atoms with Crippen LogP contribution < -0.4 is 5.73 Å². The van der Waals surface area contributed by atoms with Gasteiger partial charge in [-0.05, 0) is 42.2 Å². The summed E-state index contributed by atoms with van der Waals surface area (Å²) in [5, 5.41) is 1.69. The minimum absolute atomic E-state index is 0.00304. The summed E-state index contributed by atoms with van der Waals surface area (Å²) in [5.74, 6) is 0. The molecule has 2 N–H and O–H groups in total. The van der Waals surface area contributed by atoms with E-state index >= 15 is 0 Å². The third-order valence-corrected chi connectivity index (χ3v) is 5.83. The molecule has 2 rings (SSSR count). The zero-order chi connectivity index (χ0) is 18.3. The maximum atomic E-state index is 12.9. The summed E-state index contributed by atoms with van der Waals surface area (Å²) in [6, 6.07) is 9.80. The molecule has 0 aliphatic heterocycles. The Morgan fingerprint density at radius 1 is 1.04 bits per heavy atom. The topological polar surface area (TPSA) is 69.4 Å². The average Bonchev–Trinajstić information content (AvgIpc) is 2.62. The van der Waals surface area contributed by atoms with E-state index in [2.05, 4.69) is 19.9 Å². The van der Waals surface area contributed by atoms with E-state index in [1.54, 1.807) is 0 Å². The highest BCUT2D eigenvalue weighted by Gasteiger charge is 2.25. The van der Waals surface area contributed by atoms with Gasteiger partial charge in [-0.15, -0.1) is 0 Å². The van der Waals surface area contributed by atoms with Gasteiger partial charge in [0.2, 0.25) is 0 Å². The van der Waals surface area contributed by atoms with E-state index in [1.807, 2.05) is 24.3 Å². The fourth-order valence-electron chi connectivity index (χ4n) is 3.13. The molecule has 5 heteroatoms. The number of hydrogen-bond donors (Lipinski definition) is 1. The second-order valence-corrected chi connectivity index (χ2v) is 7.89. The Hall–Kier alpha value is -1.43. The maximum absolute atomic E-state index is 12.9. The van der Waals surface area contributed by atoms with Crippen molar-refractivity contribution in [2.24, 2.45) is 5.73 Å². The summed E-state index contributed by atoms with van der Waals surface area (Å²) in [6.45, 7) is 4.45. The number of unbranched alkanes of at least 4 members (excludes halogenated alkanes) is 2. The Balaban J connectivity index is 2.71. The van der Waals surface area contributed by atoms with E-state index in [-0.39, 0.29) is 13.2 Å². The monoisotopic (exact) mass is 363 g/mol. The van der Waals surface area contributed by atoms with Gasteiger partial charge in [0.15, 0.2) is 0 Å². The van der Waals surface area contributed by atoms with Crippen molar-refractivity contribution in [2.45, 2.75) is 57.3 Å². The molecule has 0 aliphatic carbocycles. The van der Waals surface area contributed by atoms with E-state index < -0.39 is 10.1 Å². The molecule has 2 aromatic carbocycles. The molecule has 0 unspecified atom stereocenters. The van der Waals surface area contributed by atoms with Crippen molar-refractivity contribution in [3.63, 3.8) is 0 Å². The van der Waals surface area contributed by atoms with Crippen LogP contribution in [0.5, 0.6) is 0 Å². The molecule has 0 heterocycles. The molecule has 4 nitrogen and oxygen atoms in total. The Kier molecular flexibility index (Phi) is 7.41. The smallest absolute Gasteiger partial charge is 0.297 e. The molecule has 0 spiro atoms. The van der Waals surface area contributed by atoms with Crippen molar-refractivity contribution in [2.75, 3.05) is 13.2 Å². The normalized spacial score (nSPS) is 12.0. The SMILES string of the molecule is CCCCc1cc2ccccc2c(S(=O)(=O)OCCN)c1CCCC. The number of benzene rings is 2. The first-order valence-corrected chi connectivity index (χ1v) is 10.6. The van der Waals surface area contributed by atoms with Crippen LogP contribution in [0.1, 0.15) is 50.7 Å². The predicted octanol–water partition coefficient (Wildman–Crippen LogP) is 4.19. The molecule has 138 valence electrons. The summed E-state index contributed by atoms with van der Waals surface area (Å²) in [6.07, 6.45) is 5.73. The Bertz CT molecular complexity index is 800. The molecule has 0 atom stereocenters. The number of nitrogens with two attached hydrogens (primary N) is 1. The molecule has 0 saturated heterocycles. The minimum Gasteiger partial charge on any atom is -0.328 e. The summed E-state index contributed by atoms with van der Waals surface area (Å²) in [7, 11) is -3.84. The van der Waals surface area contributed by atoms with Gasteiger partial charge >= 0.3 is 0 Å². The molecule has 0 radical (unpaired) electrons. The Labute approximate surface area is 151 Å². The first-order valence-electron chi connectivity index (χ1n) is 9.18. The van der Waals surface area contributed by atoms with Gasteiger partial charge in [-0.3, -0.25) is 4.18 Å². The molecule has 25 heavy (non-hydrogen) atoms. The van der Waals surface area contributed by atoms with E-state index in [9.17, 15) is 8.42 Å². The van der Waals surface area contributed by atoms with Crippen LogP contribution in [-0.2, 0) is 27.1 Å². The van der Waals surface area contributed by atoms with Crippen LogP contribution in [0.25, 0.3) is 10.8 Å². The van der Waals surface area contributed by atoms with Crippen LogP contribution >= 0.6 is 0 Å². The van der Waals surface area contributed by atoms with Crippen LogP contribution in [0.4, 0.5) is 0 Å². The van der Waals surface area contributed by atoms with Gasteiger partial charge in [0.25, 0.3) is 10.1 Å². The maximum Gasteiger partial charge on any atom is 0.297 e. The first kappa shape index (κ1) is 19.9. The lowest BCUT2D eigenvalue weighted by molar-refractivity contribution is 0.327. The molecule has 0 fully saturated rings. The van der Waals surface area contributed by atoms with E-state index in [0.717, 1.165) is 60.4 Å². The largest absolute Gasteiger partial charge is 0.328 e. The van der Waals surface area contributed by atoms with Crippen LogP contribution in [0.15, 0.2) is 35.2 Å². The van der Waals surface area contributed by atoms with Crippen molar-refractivity contribution in [3.8, 4) is 0 Å². The molecule has 0 aromatic heterocycles.